The molecule has 0 bridgehead atoms. The van der Waals surface area contributed by atoms with Crippen molar-refractivity contribution in [3.8, 4) is 0 Å². The Morgan fingerprint density at radius 1 is 1.29 bits per heavy atom. The summed E-state index contributed by atoms with van der Waals surface area (Å²) in [7, 11) is 1.88. The van der Waals surface area contributed by atoms with Gasteiger partial charge in [-0.15, -0.1) is 10.2 Å². The quantitative estimate of drug-likeness (QED) is 0.864. The third-order valence-corrected chi connectivity index (χ3v) is 4.80. The van der Waals surface area contributed by atoms with E-state index in [0.29, 0.717) is 0 Å². The van der Waals surface area contributed by atoms with E-state index in [9.17, 15) is 0 Å². The van der Waals surface area contributed by atoms with Crippen molar-refractivity contribution in [2.75, 3.05) is 12.4 Å². The predicted molar refractivity (Wildman–Crippen MR) is 62.2 cm³/mol. The Labute approximate surface area is 92.7 Å². The molecule has 5 heteroatoms. The Kier molecular flexibility index (Phi) is 3.64. The average molecular weight is 229 g/mol. The molecule has 0 radical (unpaired) electrons. The maximum Gasteiger partial charge on any atom is 0.206 e. The Morgan fingerprint density at radius 3 is 2.71 bits per heavy atom. The molecule has 1 aliphatic rings. The van der Waals surface area contributed by atoms with Crippen molar-refractivity contribution in [1.82, 2.24) is 10.2 Å². The van der Waals surface area contributed by atoms with E-state index in [1.165, 1.54) is 32.1 Å². The van der Waals surface area contributed by atoms with E-state index in [2.05, 4.69) is 15.5 Å². The normalized spacial score (nSPS) is 18.4. The van der Waals surface area contributed by atoms with Gasteiger partial charge in [0.25, 0.3) is 0 Å². The van der Waals surface area contributed by atoms with Crippen LogP contribution < -0.4 is 5.32 Å². The van der Waals surface area contributed by atoms with E-state index in [-0.39, 0.29) is 0 Å². The first-order valence-electron chi connectivity index (χ1n) is 5.06. The second-order valence-electron chi connectivity index (χ2n) is 3.50. The topological polar surface area (TPSA) is 37.8 Å². The second-order valence-corrected chi connectivity index (χ2v) is 6.03. The maximum absolute atomic E-state index is 4.15. The molecule has 3 nitrogen and oxygen atoms in total. The Morgan fingerprint density at radius 2 is 2.07 bits per heavy atom. The van der Waals surface area contributed by atoms with Crippen LogP contribution in [-0.2, 0) is 0 Å². The van der Waals surface area contributed by atoms with Gasteiger partial charge < -0.3 is 5.32 Å². The number of thioether (sulfide) groups is 1. The standard InChI is InChI=1S/C9H15N3S2/c1-10-8-11-12-9(14-8)13-7-5-3-2-4-6-7/h7H,2-6H2,1H3,(H,10,11). The second kappa shape index (κ2) is 4.98. The van der Waals surface area contributed by atoms with Crippen molar-refractivity contribution >= 4 is 28.2 Å². The largest absolute Gasteiger partial charge is 0.363 e. The number of hydrogen-bond acceptors (Lipinski definition) is 5. The molecule has 0 amide bonds. The van der Waals surface area contributed by atoms with Crippen molar-refractivity contribution in [2.24, 2.45) is 0 Å². The van der Waals surface area contributed by atoms with Crippen molar-refractivity contribution < 1.29 is 0 Å². The molecule has 14 heavy (non-hydrogen) atoms. The molecule has 1 heterocycles. The van der Waals surface area contributed by atoms with Gasteiger partial charge in [-0.3, -0.25) is 0 Å². The molecule has 1 N–H and O–H groups in total. The van der Waals surface area contributed by atoms with Crippen LogP contribution in [0.25, 0.3) is 0 Å². The summed E-state index contributed by atoms with van der Waals surface area (Å²) < 4.78 is 1.11. The molecule has 0 atom stereocenters. The van der Waals surface area contributed by atoms with Gasteiger partial charge in [-0.1, -0.05) is 42.4 Å². The number of nitrogens with zero attached hydrogens (tertiary/aromatic N) is 2. The van der Waals surface area contributed by atoms with Crippen LogP contribution in [0.3, 0.4) is 0 Å². The lowest BCUT2D eigenvalue weighted by Gasteiger charge is -2.19. The Bertz CT molecular complexity index is 281. The van der Waals surface area contributed by atoms with Gasteiger partial charge in [-0.2, -0.15) is 0 Å². The van der Waals surface area contributed by atoms with Gasteiger partial charge in [0.15, 0.2) is 4.34 Å². The lowest BCUT2D eigenvalue weighted by molar-refractivity contribution is 0.516. The molecular weight excluding hydrogens is 214 g/mol. The lowest BCUT2D eigenvalue weighted by atomic mass is 10.0. The first-order chi connectivity index (χ1) is 6.88. The molecule has 0 aliphatic heterocycles. The fourth-order valence-corrected chi connectivity index (χ4v) is 3.89. The van der Waals surface area contributed by atoms with Crippen molar-refractivity contribution in [1.29, 1.82) is 0 Å². The smallest absolute Gasteiger partial charge is 0.206 e. The molecule has 1 saturated carbocycles. The number of hydrogen-bond donors (Lipinski definition) is 1. The zero-order valence-corrected chi connectivity index (χ0v) is 9.96. The summed E-state index contributed by atoms with van der Waals surface area (Å²) in [6.07, 6.45) is 6.87. The summed E-state index contributed by atoms with van der Waals surface area (Å²) in [5, 5.41) is 12.9. The van der Waals surface area contributed by atoms with Crippen LogP contribution in [-0.4, -0.2) is 22.5 Å². The molecule has 2 rings (SSSR count). The number of aromatic nitrogens is 2. The van der Waals surface area contributed by atoms with E-state index >= 15 is 0 Å². The van der Waals surface area contributed by atoms with E-state index in [1.807, 2.05) is 18.8 Å². The van der Waals surface area contributed by atoms with Gasteiger partial charge in [0.1, 0.15) is 0 Å². The van der Waals surface area contributed by atoms with Gasteiger partial charge in [0.05, 0.1) is 0 Å². The molecule has 0 spiro atoms. The van der Waals surface area contributed by atoms with Crippen LogP contribution in [0.5, 0.6) is 0 Å². The van der Waals surface area contributed by atoms with Crippen LogP contribution in [0.2, 0.25) is 0 Å². The summed E-state index contributed by atoms with van der Waals surface area (Å²) in [6, 6.07) is 0. The molecule has 0 saturated heterocycles. The van der Waals surface area contributed by atoms with Crippen LogP contribution in [0.4, 0.5) is 5.13 Å². The zero-order chi connectivity index (χ0) is 9.80. The molecule has 1 aromatic rings. The highest BCUT2D eigenvalue weighted by Crippen LogP contribution is 2.35. The van der Waals surface area contributed by atoms with E-state index in [4.69, 9.17) is 0 Å². The summed E-state index contributed by atoms with van der Waals surface area (Å²) >= 11 is 3.56. The number of nitrogens with one attached hydrogen (secondary N) is 1. The highest BCUT2D eigenvalue weighted by molar-refractivity contribution is 8.01. The van der Waals surface area contributed by atoms with Crippen LogP contribution >= 0.6 is 23.1 Å². The van der Waals surface area contributed by atoms with E-state index in [0.717, 1.165) is 14.7 Å². The van der Waals surface area contributed by atoms with E-state index < -0.39 is 0 Å². The zero-order valence-electron chi connectivity index (χ0n) is 8.32. The summed E-state index contributed by atoms with van der Waals surface area (Å²) in [4.78, 5) is 0. The molecule has 78 valence electrons. The average Bonchev–Trinajstić information content (AvgIpc) is 2.67. The fraction of sp³-hybridized carbons (Fsp3) is 0.778. The molecular formula is C9H15N3S2. The maximum atomic E-state index is 4.15. The molecule has 0 unspecified atom stereocenters. The minimum atomic E-state index is 0.779. The molecule has 0 aromatic carbocycles. The van der Waals surface area contributed by atoms with Gasteiger partial charge in [-0.25, -0.2) is 0 Å². The van der Waals surface area contributed by atoms with Crippen LogP contribution in [0.1, 0.15) is 32.1 Å². The third kappa shape index (κ3) is 2.60. The lowest BCUT2D eigenvalue weighted by Crippen LogP contribution is -2.07. The first-order valence-corrected chi connectivity index (χ1v) is 6.76. The summed E-state index contributed by atoms with van der Waals surface area (Å²) in [5.74, 6) is 0. The molecule has 1 aromatic heterocycles. The highest BCUT2D eigenvalue weighted by Gasteiger charge is 2.16. The van der Waals surface area contributed by atoms with Crippen LogP contribution in [0.15, 0.2) is 4.34 Å². The highest BCUT2D eigenvalue weighted by atomic mass is 32.2. The minimum Gasteiger partial charge on any atom is -0.363 e. The van der Waals surface area contributed by atoms with Crippen molar-refractivity contribution in [3.05, 3.63) is 0 Å². The monoisotopic (exact) mass is 229 g/mol. The summed E-state index contributed by atoms with van der Waals surface area (Å²) in [5.41, 5.74) is 0. The number of rotatable bonds is 3. The van der Waals surface area contributed by atoms with Crippen molar-refractivity contribution in [3.63, 3.8) is 0 Å². The Hall–Kier alpha value is -0.290. The van der Waals surface area contributed by atoms with Gasteiger partial charge in [0, 0.05) is 12.3 Å². The summed E-state index contributed by atoms with van der Waals surface area (Å²) in [6.45, 7) is 0. The van der Waals surface area contributed by atoms with Gasteiger partial charge >= 0.3 is 0 Å². The molecule has 1 aliphatic carbocycles. The van der Waals surface area contributed by atoms with Crippen molar-refractivity contribution in [2.45, 2.75) is 41.7 Å². The minimum absolute atomic E-state index is 0.779. The Balaban J connectivity index is 1.89. The van der Waals surface area contributed by atoms with Gasteiger partial charge in [0.2, 0.25) is 5.13 Å². The number of anilines is 1. The third-order valence-electron chi connectivity index (χ3n) is 2.44. The predicted octanol–water partition coefficient (Wildman–Crippen LogP) is 3.00. The van der Waals surface area contributed by atoms with Gasteiger partial charge in [-0.05, 0) is 12.8 Å². The molecule has 1 fully saturated rings. The van der Waals surface area contributed by atoms with E-state index in [1.54, 1.807) is 11.3 Å². The SMILES string of the molecule is CNc1nnc(SC2CCCCC2)s1. The fourth-order valence-electron chi connectivity index (χ4n) is 1.68. The van der Waals surface area contributed by atoms with Crippen LogP contribution in [0, 0.1) is 0 Å². The first kappa shape index (κ1) is 10.2.